The molecule has 1 N–H and O–H groups in total. The third kappa shape index (κ3) is 4.88. The number of halogens is 2. The van der Waals surface area contributed by atoms with Gasteiger partial charge in [-0.3, -0.25) is 14.9 Å². The SMILES string of the molecule is COc1cc(/C=C2\C(=O)NC(=O)N(c3cccc(Cl)c3C)C2=O)ccc1OCc1ccccc1F. The minimum absolute atomic E-state index is 0.0135. The van der Waals surface area contributed by atoms with Crippen molar-refractivity contribution in [1.29, 1.82) is 0 Å². The number of nitrogens with zero attached hydrogens (tertiary/aromatic N) is 1. The van der Waals surface area contributed by atoms with Crippen molar-refractivity contribution in [3.05, 3.63) is 93.8 Å². The van der Waals surface area contributed by atoms with Crippen LogP contribution in [-0.2, 0) is 16.2 Å². The van der Waals surface area contributed by atoms with E-state index in [9.17, 15) is 18.8 Å². The number of urea groups is 1. The number of hydrogen-bond acceptors (Lipinski definition) is 5. The molecule has 0 aliphatic carbocycles. The molecule has 0 bridgehead atoms. The molecule has 4 amide bonds. The lowest BCUT2D eigenvalue weighted by Gasteiger charge is -2.27. The molecule has 1 aliphatic heterocycles. The second-order valence-corrected chi connectivity index (χ2v) is 8.04. The first-order chi connectivity index (χ1) is 16.8. The van der Waals surface area contributed by atoms with E-state index in [1.807, 2.05) is 0 Å². The van der Waals surface area contributed by atoms with Crippen LogP contribution in [0.15, 0.2) is 66.2 Å². The van der Waals surface area contributed by atoms with Gasteiger partial charge in [-0.25, -0.2) is 14.1 Å². The highest BCUT2D eigenvalue weighted by atomic mass is 35.5. The van der Waals surface area contributed by atoms with Gasteiger partial charge >= 0.3 is 6.03 Å². The average molecular weight is 495 g/mol. The zero-order chi connectivity index (χ0) is 25.1. The number of ether oxygens (including phenoxy) is 2. The quantitative estimate of drug-likeness (QED) is 0.383. The molecule has 1 aliphatic rings. The van der Waals surface area contributed by atoms with Crippen LogP contribution in [-0.4, -0.2) is 25.0 Å². The summed E-state index contributed by atoms with van der Waals surface area (Å²) in [6.45, 7) is 1.66. The molecule has 0 radical (unpaired) electrons. The van der Waals surface area contributed by atoms with Crippen LogP contribution in [0.4, 0.5) is 14.9 Å². The zero-order valence-electron chi connectivity index (χ0n) is 18.8. The number of carbonyl (C=O) groups is 3. The summed E-state index contributed by atoms with van der Waals surface area (Å²) in [7, 11) is 1.43. The summed E-state index contributed by atoms with van der Waals surface area (Å²) >= 11 is 6.15. The van der Waals surface area contributed by atoms with Crippen LogP contribution in [0.5, 0.6) is 11.5 Å². The molecule has 0 unspecified atom stereocenters. The average Bonchev–Trinajstić information content (AvgIpc) is 2.84. The van der Waals surface area contributed by atoms with E-state index >= 15 is 0 Å². The largest absolute Gasteiger partial charge is 0.493 e. The normalized spacial score (nSPS) is 14.8. The number of imide groups is 2. The first kappa shape index (κ1) is 24.0. The Kier molecular flexibility index (Phi) is 6.84. The van der Waals surface area contributed by atoms with Crippen molar-refractivity contribution in [2.45, 2.75) is 13.5 Å². The van der Waals surface area contributed by atoms with E-state index in [4.69, 9.17) is 21.1 Å². The summed E-state index contributed by atoms with van der Waals surface area (Å²) in [5.41, 5.74) is 1.38. The number of amides is 4. The Hall–Kier alpha value is -4.17. The predicted molar refractivity (Wildman–Crippen MR) is 129 cm³/mol. The standard InChI is InChI=1S/C26H20ClFN2O5/c1-15-19(27)7-5-9-21(15)30-25(32)18(24(31)29-26(30)33)12-16-10-11-22(23(13-16)34-2)35-14-17-6-3-4-8-20(17)28/h3-13H,14H2,1-2H3,(H,29,31,33)/b18-12+. The van der Waals surface area contributed by atoms with Gasteiger partial charge in [0.2, 0.25) is 0 Å². The first-order valence-electron chi connectivity index (χ1n) is 10.5. The minimum Gasteiger partial charge on any atom is -0.493 e. The van der Waals surface area contributed by atoms with E-state index in [0.717, 1.165) is 4.90 Å². The van der Waals surface area contributed by atoms with Crippen LogP contribution in [0.25, 0.3) is 6.08 Å². The smallest absolute Gasteiger partial charge is 0.335 e. The molecule has 3 aromatic rings. The van der Waals surface area contributed by atoms with E-state index < -0.39 is 17.8 Å². The van der Waals surface area contributed by atoms with Gasteiger partial charge < -0.3 is 9.47 Å². The first-order valence-corrected chi connectivity index (χ1v) is 10.9. The van der Waals surface area contributed by atoms with Crippen molar-refractivity contribution in [2.75, 3.05) is 12.0 Å². The van der Waals surface area contributed by atoms with Crippen LogP contribution < -0.4 is 19.7 Å². The van der Waals surface area contributed by atoms with Crippen LogP contribution in [0, 0.1) is 12.7 Å². The summed E-state index contributed by atoms with van der Waals surface area (Å²) < 4.78 is 24.9. The van der Waals surface area contributed by atoms with Gasteiger partial charge in [0.15, 0.2) is 11.5 Å². The van der Waals surface area contributed by atoms with Crippen LogP contribution in [0.1, 0.15) is 16.7 Å². The fourth-order valence-electron chi connectivity index (χ4n) is 3.55. The van der Waals surface area contributed by atoms with Gasteiger partial charge in [-0.05, 0) is 54.5 Å². The number of carbonyl (C=O) groups excluding carboxylic acids is 3. The van der Waals surface area contributed by atoms with Crippen LogP contribution in [0.2, 0.25) is 5.02 Å². The molecule has 1 fully saturated rings. The molecule has 0 atom stereocenters. The van der Waals surface area contributed by atoms with Crippen LogP contribution in [0.3, 0.4) is 0 Å². The lowest BCUT2D eigenvalue weighted by atomic mass is 10.1. The molecule has 0 aromatic heterocycles. The molecule has 0 saturated carbocycles. The molecule has 178 valence electrons. The van der Waals surface area contributed by atoms with E-state index in [-0.39, 0.29) is 23.7 Å². The molecule has 35 heavy (non-hydrogen) atoms. The monoisotopic (exact) mass is 494 g/mol. The molecule has 7 nitrogen and oxygen atoms in total. The van der Waals surface area contributed by atoms with Gasteiger partial charge in [-0.1, -0.05) is 41.9 Å². The Morgan fingerprint density at radius 1 is 1.03 bits per heavy atom. The Balaban J connectivity index is 1.63. The Bertz CT molecular complexity index is 1370. The highest BCUT2D eigenvalue weighted by Crippen LogP contribution is 2.32. The molecule has 1 saturated heterocycles. The molecule has 0 spiro atoms. The number of barbiturate groups is 1. The number of hydrogen-bond donors (Lipinski definition) is 1. The van der Waals surface area contributed by atoms with Gasteiger partial charge in [0.1, 0.15) is 18.0 Å². The van der Waals surface area contributed by atoms with Gasteiger partial charge in [-0.15, -0.1) is 0 Å². The van der Waals surface area contributed by atoms with E-state index in [1.54, 1.807) is 61.5 Å². The number of anilines is 1. The van der Waals surface area contributed by atoms with E-state index in [2.05, 4.69) is 5.32 Å². The number of methoxy groups -OCH3 is 1. The molecule has 1 heterocycles. The third-order valence-electron chi connectivity index (χ3n) is 5.42. The highest BCUT2D eigenvalue weighted by molar-refractivity contribution is 6.39. The van der Waals surface area contributed by atoms with Crippen molar-refractivity contribution >= 4 is 41.2 Å². The summed E-state index contributed by atoms with van der Waals surface area (Å²) in [6.07, 6.45) is 1.35. The zero-order valence-corrected chi connectivity index (χ0v) is 19.6. The van der Waals surface area contributed by atoms with Crippen molar-refractivity contribution < 1.29 is 28.2 Å². The van der Waals surface area contributed by atoms with E-state index in [0.29, 0.717) is 33.2 Å². The van der Waals surface area contributed by atoms with Gasteiger partial charge in [0.25, 0.3) is 11.8 Å². The van der Waals surface area contributed by atoms with E-state index in [1.165, 1.54) is 19.3 Å². The topological polar surface area (TPSA) is 84.9 Å². The molecular formula is C26H20ClFN2O5. The molecular weight excluding hydrogens is 475 g/mol. The maximum atomic E-state index is 13.9. The van der Waals surface area contributed by atoms with Crippen molar-refractivity contribution in [1.82, 2.24) is 5.32 Å². The Labute approximate surface area is 205 Å². The number of benzene rings is 3. The van der Waals surface area contributed by atoms with Crippen LogP contribution >= 0.6 is 11.6 Å². The molecule has 4 rings (SSSR count). The second-order valence-electron chi connectivity index (χ2n) is 7.63. The molecule has 9 heteroatoms. The Morgan fingerprint density at radius 3 is 2.54 bits per heavy atom. The van der Waals surface area contributed by atoms with Gasteiger partial charge in [0, 0.05) is 10.6 Å². The summed E-state index contributed by atoms with van der Waals surface area (Å²) in [6, 6.07) is 15.0. The summed E-state index contributed by atoms with van der Waals surface area (Å²) in [5.74, 6) is -1.33. The highest BCUT2D eigenvalue weighted by Gasteiger charge is 2.37. The second kappa shape index (κ2) is 9.99. The summed E-state index contributed by atoms with van der Waals surface area (Å²) in [4.78, 5) is 39.0. The van der Waals surface area contributed by atoms with Gasteiger partial charge in [0.05, 0.1) is 12.8 Å². The van der Waals surface area contributed by atoms with Crippen molar-refractivity contribution in [3.63, 3.8) is 0 Å². The van der Waals surface area contributed by atoms with Crippen molar-refractivity contribution in [2.24, 2.45) is 0 Å². The number of rotatable bonds is 6. The van der Waals surface area contributed by atoms with Gasteiger partial charge in [-0.2, -0.15) is 0 Å². The lowest BCUT2D eigenvalue weighted by molar-refractivity contribution is -0.122. The Morgan fingerprint density at radius 2 is 1.80 bits per heavy atom. The number of nitrogens with one attached hydrogen (secondary N) is 1. The van der Waals surface area contributed by atoms with Crippen molar-refractivity contribution in [3.8, 4) is 11.5 Å². The lowest BCUT2D eigenvalue weighted by Crippen LogP contribution is -2.54. The minimum atomic E-state index is -0.864. The molecule has 3 aromatic carbocycles. The maximum Gasteiger partial charge on any atom is 0.335 e. The predicted octanol–water partition coefficient (Wildman–Crippen LogP) is 5.04. The third-order valence-corrected chi connectivity index (χ3v) is 5.83. The maximum absolute atomic E-state index is 13.9. The summed E-state index contributed by atoms with van der Waals surface area (Å²) in [5, 5.41) is 2.56. The fraction of sp³-hybridized carbons (Fsp3) is 0.115. The fourth-order valence-corrected chi connectivity index (χ4v) is 3.71.